The summed E-state index contributed by atoms with van der Waals surface area (Å²) in [5, 5.41) is 14.5. The first-order chi connectivity index (χ1) is 9.88. The van der Waals surface area contributed by atoms with Crippen LogP contribution in [-0.4, -0.2) is 41.9 Å². The van der Waals surface area contributed by atoms with Gasteiger partial charge < -0.3 is 20.5 Å². The van der Waals surface area contributed by atoms with Crippen LogP contribution >= 0.6 is 0 Å². The fraction of sp³-hybridized carbons (Fsp3) is 0.867. The van der Waals surface area contributed by atoms with Crippen LogP contribution < -0.4 is 10.6 Å². The number of ether oxygens (including phenoxy) is 1. The maximum absolute atomic E-state index is 11.7. The minimum Gasteiger partial charge on any atom is -0.479 e. The van der Waals surface area contributed by atoms with Crippen molar-refractivity contribution in [1.82, 2.24) is 10.6 Å². The second-order valence-electron chi connectivity index (χ2n) is 6.24. The van der Waals surface area contributed by atoms with Gasteiger partial charge in [0.25, 0.3) is 0 Å². The molecule has 1 rings (SSSR count). The Balaban J connectivity index is 2.12. The Labute approximate surface area is 126 Å². The van der Waals surface area contributed by atoms with Gasteiger partial charge in [-0.25, -0.2) is 9.59 Å². The van der Waals surface area contributed by atoms with Crippen molar-refractivity contribution in [3.05, 3.63) is 0 Å². The summed E-state index contributed by atoms with van der Waals surface area (Å²) < 4.78 is 5.33. The third kappa shape index (κ3) is 7.32. The van der Waals surface area contributed by atoms with Crippen LogP contribution in [0.3, 0.4) is 0 Å². The molecule has 21 heavy (non-hydrogen) atoms. The fourth-order valence-electron chi connectivity index (χ4n) is 2.42. The molecule has 0 aromatic rings. The molecule has 0 spiro atoms. The first-order valence-electron chi connectivity index (χ1n) is 7.81. The number of carbonyl (C=O) groups is 2. The van der Waals surface area contributed by atoms with Crippen molar-refractivity contribution < 1.29 is 19.4 Å². The zero-order valence-electron chi connectivity index (χ0n) is 13.2. The molecule has 3 atom stereocenters. The van der Waals surface area contributed by atoms with E-state index in [2.05, 4.69) is 24.5 Å². The van der Waals surface area contributed by atoms with Gasteiger partial charge in [0.1, 0.15) is 0 Å². The van der Waals surface area contributed by atoms with Crippen LogP contribution in [0.1, 0.15) is 52.9 Å². The molecular formula is C15H28N2O4. The molecular weight excluding hydrogens is 272 g/mol. The summed E-state index contributed by atoms with van der Waals surface area (Å²) in [5.41, 5.74) is 0. The van der Waals surface area contributed by atoms with Crippen molar-refractivity contribution >= 4 is 12.0 Å². The van der Waals surface area contributed by atoms with Crippen molar-refractivity contribution in [3.63, 3.8) is 0 Å². The highest BCUT2D eigenvalue weighted by Crippen LogP contribution is 2.19. The molecule has 1 heterocycles. The van der Waals surface area contributed by atoms with Gasteiger partial charge in [0.2, 0.25) is 0 Å². The predicted octanol–water partition coefficient (Wildman–Crippen LogP) is 2.13. The quantitative estimate of drug-likeness (QED) is 0.641. The van der Waals surface area contributed by atoms with Crippen molar-refractivity contribution in [1.29, 1.82) is 0 Å². The normalized spacial score (nSPS) is 23.0. The Kier molecular flexibility index (Phi) is 7.50. The van der Waals surface area contributed by atoms with Gasteiger partial charge in [-0.15, -0.1) is 0 Å². The number of carbonyl (C=O) groups excluding carboxylic acids is 1. The Bertz CT molecular complexity index is 347. The highest BCUT2D eigenvalue weighted by atomic mass is 16.5. The van der Waals surface area contributed by atoms with Crippen LogP contribution in [0.25, 0.3) is 0 Å². The molecule has 0 radical (unpaired) electrons. The van der Waals surface area contributed by atoms with Crippen LogP contribution in [0.5, 0.6) is 0 Å². The van der Waals surface area contributed by atoms with Crippen LogP contribution in [0, 0.1) is 5.92 Å². The molecule has 0 saturated carbocycles. The van der Waals surface area contributed by atoms with Crippen LogP contribution in [0.15, 0.2) is 0 Å². The van der Waals surface area contributed by atoms with Gasteiger partial charge in [0.05, 0.1) is 6.10 Å². The minimum absolute atomic E-state index is 0.139. The van der Waals surface area contributed by atoms with Crippen LogP contribution in [-0.2, 0) is 9.53 Å². The van der Waals surface area contributed by atoms with Gasteiger partial charge in [0, 0.05) is 12.6 Å². The summed E-state index contributed by atoms with van der Waals surface area (Å²) in [5.74, 6) is -0.242. The van der Waals surface area contributed by atoms with E-state index < -0.39 is 12.1 Å². The average molecular weight is 300 g/mol. The lowest BCUT2D eigenvalue weighted by Crippen LogP contribution is -2.43. The Morgan fingerprint density at radius 1 is 1.24 bits per heavy atom. The molecule has 3 N–H and O–H groups in total. The monoisotopic (exact) mass is 300 g/mol. The molecule has 1 aliphatic heterocycles. The lowest BCUT2D eigenvalue weighted by atomic mass is 10.0. The molecule has 1 fully saturated rings. The third-order valence-corrected chi connectivity index (χ3v) is 3.67. The van der Waals surface area contributed by atoms with Crippen molar-refractivity contribution in [2.24, 2.45) is 5.92 Å². The van der Waals surface area contributed by atoms with E-state index in [-0.39, 0.29) is 18.2 Å². The fourth-order valence-corrected chi connectivity index (χ4v) is 2.42. The SMILES string of the molecule is CC(C)CCCC(C)NC(=O)NCC1CCC(C(=O)O)O1. The van der Waals surface area contributed by atoms with E-state index in [0.29, 0.717) is 25.3 Å². The molecule has 1 saturated heterocycles. The Hall–Kier alpha value is -1.30. The van der Waals surface area contributed by atoms with E-state index in [0.717, 1.165) is 12.8 Å². The number of urea groups is 1. The number of hydrogen-bond acceptors (Lipinski definition) is 3. The summed E-state index contributed by atoms with van der Waals surface area (Å²) in [7, 11) is 0. The molecule has 122 valence electrons. The molecule has 1 aliphatic rings. The summed E-state index contributed by atoms with van der Waals surface area (Å²) in [6, 6.07) is -0.0746. The van der Waals surface area contributed by atoms with E-state index in [9.17, 15) is 9.59 Å². The Morgan fingerprint density at radius 3 is 2.52 bits per heavy atom. The first kappa shape index (κ1) is 17.8. The third-order valence-electron chi connectivity index (χ3n) is 3.67. The second kappa shape index (κ2) is 8.87. The predicted molar refractivity (Wildman–Crippen MR) is 80.2 cm³/mol. The second-order valence-corrected chi connectivity index (χ2v) is 6.24. The number of amides is 2. The highest BCUT2D eigenvalue weighted by Gasteiger charge is 2.30. The van der Waals surface area contributed by atoms with Crippen LogP contribution in [0.2, 0.25) is 0 Å². The molecule has 6 nitrogen and oxygen atoms in total. The van der Waals surface area contributed by atoms with Crippen LogP contribution in [0.4, 0.5) is 4.79 Å². The zero-order valence-corrected chi connectivity index (χ0v) is 13.2. The smallest absolute Gasteiger partial charge is 0.332 e. The van der Waals surface area contributed by atoms with E-state index in [4.69, 9.17) is 9.84 Å². The number of carboxylic acids is 1. The maximum atomic E-state index is 11.7. The molecule has 3 unspecified atom stereocenters. The molecule has 6 heteroatoms. The maximum Gasteiger partial charge on any atom is 0.332 e. The van der Waals surface area contributed by atoms with Gasteiger partial charge in [0.15, 0.2) is 6.10 Å². The number of aliphatic carboxylic acids is 1. The molecule has 2 amide bonds. The summed E-state index contributed by atoms with van der Waals surface area (Å²) >= 11 is 0. The minimum atomic E-state index is -0.930. The summed E-state index contributed by atoms with van der Waals surface area (Å²) in [6.07, 6.45) is 3.48. The largest absolute Gasteiger partial charge is 0.479 e. The van der Waals surface area contributed by atoms with E-state index >= 15 is 0 Å². The van der Waals surface area contributed by atoms with Crippen molar-refractivity contribution in [2.45, 2.75) is 71.1 Å². The van der Waals surface area contributed by atoms with Gasteiger partial charge in [-0.05, 0) is 32.1 Å². The lowest BCUT2D eigenvalue weighted by Gasteiger charge is -2.17. The Morgan fingerprint density at radius 2 is 1.95 bits per heavy atom. The molecule has 0 aromatic carbocycles. The molecule has 0 aliphatic carbocycles. The zero-order chi connectivity index (χ0) is 15.8. The van der Waals surface area contributed by atoms with Gasteiger partial charge in [-0.1, -0.05) is 26.7 Å². The summed E-state index contributed by atoms with van der Waals surface area (Å²) in [4.78, 5) is 22.5. The summed E-state index contributed by atoms with van der Waals surface area (Å²) in [6.45, 7) is 6.73. The van der Waals surface area contributed by atoms with Crippen molar-refractivity contribution in [2.75, 3.05) is 6.54 Å². The first-order valence-corrected chi connectivity index (χ1v) is 7.81. The van der Waals surface area contributed by atoms with E-state index in [1.165, 1.54) is 6.42 Å². The molecule has 0 aromatic heterocycles. The number of hydrogen-bond donors (Lipinski definition) is 3. The van der Waals surface area contributed by atoms with Gasteiger partial charge in [-0.2, -0.15) is 0 Å². The number of carboxylic acid groups (broad SMARTS) is 1. The standard InChI is InChI=1S/C15H28N2O4/c1-10(2)5-4-6-11(3)17-15(20)16-9-12-7-8-13(21-12)14(18)19/h10-13H,4-9H2,1-3H3,(H,18,19)(H2,16,17,20). The highest BCUT2D eigenvalue weighted by molar-refractivity contribution is 5.74. The van der Waals surface area contributed by atoms with Gasteiger partial charge in [-0.3, -0.25) is 0 Å². The lowest BCUT2D eigenvalue weighted by molar-refractivity contribution is -0.149. The van der Waals surface area contributed by atoms with E-state index in [1.54, 1.807) is 0 Å². The van der Waals surface area contributed by atoms with Gasteiger partial charge >= 0.3 is 12.0 Å². The average Bonchev–Trinajstić information content (AvgIpc) is 2.84. The molecule has 0 bridgehead atoms. The topological polar surface area (TPSA) is 87.7 Å². The van der Waals surface area contributed by atoms with Crippen molar-refractivity contribution in [3.8, 4) is 0 Å². The number of rotatable bonds is 8. The number of nitrogens with one attached hydrogen (secondary N) is 2. The van der Waals surface area contributed by atoms with E-state index in [1.807, 2.05) is 6.92 Å².